The normalized spacial score (nSPS) is 17.3. The highest BCUT2D eigenvalue weighted by molar-refractivity contribution is 8.01. The number of imide groups is 1. The number of nitrogens with zero attached hydrogens (tertiary/aromatic N) is 1. The molecule has 1 heterocycles. The molecule has 0 saturated carbocycles. The molecular weight excluding hydrogens is 502 g/mol. The predicted molar refractivity (Wildman–Crippen MR) is 152 cm³/mol. The lowest BCUT2D eigenvalue weighted by Gasteiger charge is -2.23. The van der Waals surface area contributed by atoms with Crippen LogP contribution in [0.15, 0.2) is 24.3 Å². The Kier molecular flexibility index (Phi) is 12.0. The standard InChI is InChI=1S/C29H43N3O5S/c1-17(2)14-21-8-10-22(11-9-21)30-28(36)20(7)15-23(33)27(18(3)4)31-25(34)12-13-32-26(35)16-24(29(32)37)38-19(5)6/h8-11,17-20,24,27H,12-16H2,1-7H3,(H,30,36)(H,31,34)/t20-,24?,27?/m1/s1. The summed E-state index contributed by atoms with van der Waals surface area (Å²) in [6.45, 7) is 13.6. The molecule has 210 valence electrons. The number of Topliss-reactive ketones (excluding diaryl/α,β-unsaturated/α-hetero) is 1. The van der Waals surface area contributed by atoms with Gasteiger partial charge in [0.2, 0.25) is 23.6 Å². The fourth-order valence-electron chi connectivity index (χ4n) is 4.38. The molecule has 0 aliphatic carbocycles. The number of carbonyl (C=O) groups is 5. The van der Waals surface area contributed by atoms with Gasteiger partial charge in [-0.25, -0.2) is 0 Å². The molecule has 1 saturated heterocycles. The van der Waals surface area contributed by atoms with E-state index in [0.29, 0.717) is 11.6 Å². The largest absolute Gasteiger partial charge is 0.346 e. The van der Waals surface area contributed by atoms with Crippen LogP contribution in [0.25, 0.3) is 0 Å². The summed E-state index contributed by atoms with van der Waals surface area (Å²) in [5.74, 6) is -1.64. The number of anilines is 1. The number of rotatable bonds is 14. The number of amides is 4. The molecule has 9 heteroatoms. The van der Waals surface area contributed by atoms with Crippen molar-refractivity contribution in [2.24, 2.45) is 17.8 Å². The Morgan fingerprint density at radius 3 is 2.18 bits per heavy atom. The third kappa shape index (κ3) is 9.57. The topological polar surface area (TPSA) is 113 Å². The maximum atomic E-state index is 13.0. The number of benzene rings is 1. The van der Waals surface area contributed by atoms with Gasteiger partial charge in [-0.15, -0.1) is 11.8 Å². The summed E-state index contributed by atoms with van der Waals surface area (Å²) in [6, 6.07) is 6.94. The van der Waals surface area contributed by atoms with Crippen molar-refractivity contribution in [1.29, 1.82) is 0 Å². The lowest BCUT2D eigenvalue weighted by atomic mass is 9.92. The lowest BCUT2D eigenvalue weighted by Crippen LogP contribution is -2.46. The van der Waals surface area contributed by atoms with Crippen molar-refractivity contribution in [2.75, 3.05) is 11.9 Å². The van der Waals surface area contributed by atoms with Crippen LogP contribution in [0.4, 0.5) is 5.69 Å². The van der Waals surface area contributed by atoms with Crippen LogP contribution in [0.2, 0.25) is 0 Å². The first-order valence-corrected chi connectivity index (χ1v) is 14.4. The first-order chi connectivity index (χ1) is 17.8. The summed E-state index contributed by atoms with van der Waals surface area (Å²) in [6.07, 6.45) is 1.02. The van der Waals surface area contributed by atoms with Gasteiger partial charge < -0.3 is 10.6 Å². The molecule has 2 rings (SSSR count). The Morgan fingerprint density at radius 1 is 1.00 bits per heavy atom. The van der Waals surface area contributed by atoms with E-state index in [2.05, 4.69) is 24.5 Å². The average molecular weight is 546 g/mol. The third-order valence-corrected chi connectivity index (χ3v) is 7.59. The fraction of sp³-hybridized carbons (Fsp3) is 0.621. The maximum absolute atomic E-state index is 13.0. The second-order valence-electron chi connectivity index (χ2n) is 11.2. The van der Waals surface area contributed by atoms with Crippen molar-refractivity contribution < 1.29 is 24.0 Å². The molecule has 0 bridgehead atoms. The Bertz CT molecular complexity index is 1010. The van der Waals surface area contributed by atoms with Gasteiger partial charge in [0.1, 0.15) is 0 Å². The zero-order valence-corrected chi connectivity index (χ0v) is 24.5. The van der Waals surface area contributed by atoms with E-state index in [1.807, 2.05) is 52.0 Å². The molecular formula is C29H43N3O5S. The molecule has 0 radical (unpaired) electrons. The van der Waals surface area contributed by atoms with Gasteiger partial charge in [-0.05, 0) is 41.2 Å². The minimum Gasteiger partial charge on any atom is -0.346 e. The number of ketones is 1. The smallest absolute Gasteiger partial charge is 0.242 e. The molecule has 2 unspecified atom stereocenters. The summed E-state index contributed by atoms with van der Waals surface area (Å²) >= 11 is 1.45. The third-order valence-electron chi connectivity index (χ3n) is 6.35. The number of thioether (sulfide) groups is 1. The van der Waals surface area contributed by atoms with E-state index >= 15 is 0 Å². The Labute approximate surface area is 231 Å². The zero-order chi connectivity index (χ0) is 28.6. The number of likely N-dealkylation sites (tertiary alicyclic amines) is 1. The van der Waals surface area contributed by atoms with Crippen molar-refractivity contribution in [1.82, 2.24) is 10.2 Å². The zero-order valence-electron chi connectivity index (χ0n) is 23.7. The van der Waals surface area contributed by atoms with E-state index < -0.39 is 23.1 Å². The van der Waals surface area contributed by atoms with E-state index in [0.717, 1.165) is 11.3 Å². The first-order valence-electron chi connectivity index (χ1n) is 13.5. The van der Waals surface area contributed by atoms with Crippen molar-refractivity contribution in [3.8, 4) is 0 Å². The van der Waals surface area contributed by atoms with Crippen LogP contribution >= 0.6 is 11.8 Å². The van der Waals surface area contributed by atoms with Gasteiger partial charge in [-0.1, -0.05) is 60.6 Å². The summed E-state index contributed by atoms with van der Waals surface area (Å²) in [4.78, 5) is 64.3. The molecule has 3 atom stereocenters. The molecule has 2 N–H and O–H groups in total. The van der Waals surface area contributed by atoms with E-state index in [-0.39, 0.29) is 60.5 Å². The number of carbonyl (C=O) groups excluding carboxylic acids is 5. The number of hydrogen-bond acceptors (Lipinski definition) is 6. The molecule has 1 aromatic rings. The van der Waals surface area contributed by atoms with Crippen molar-refractivity contribution in [3.63, 3.8) is 0 Å². The molecule has 1 aromatic carbocycles. The second-order valence-corrected chi connectivity index (χ2v) is 12.9. The van der Waals surface area contributed by atoms with Gasteiger partial charge in [0.15, 0.2) is 5.78 Å². The summed E-state index contributed by atoms with van der Waals surface area (Å²) in [7, 11) is 0. The SMILES string of the molecule is CC(C)Cc1ccc(NC(=O)[C@H](C)CC(=O)C(NC(=O)CCN2C(=O)CC(SC(C)C)C2=O)C(C)C)cc1. The number of hydrogen-bond donors (Lipinski definition) is 2. The van der Waals surface area contributed by atoms with E-state index in [1.165, 1.54) is 17.3 Å². The molecule has 0 spiro atoms. The van der Waals surface area contributed by atoms with Gasteiger partial charge in [0.05, 0.1) is 11.3 Å². The molecule has 38 heavy (non-hydrogen) atoms. The highest BCUT2D eigenvalue weighted by Gasteiger charge is 2.39. The maximum Gasteiger partial charge on any atom is 0.242 e. The fourth-order valence-corrected chi connectivity index (χ4v) is 5.52. The van der Waals surface area contributed by atoms with Crippen molar-refractivity contribution in [2.45, 2.75) is 90.7 Å². The molecule has 1 aliphatic heterocycles. The highest BCUT2D eigenvalue weighted by Crippen LogP contribution is 2.28. The van der Waals surface area contributed by atoms with E-state index in [4.69, 9.17) is 0 Å². The van der Waals surface area contributed by atoms with Gasteiger partial charge in [0, 0.05) is 37.4 Å². The lowest BCUT2D eigenvalue weighted by molar-refractivity contribution is -0.139. The van der Waals surface area contributed by atoms with Gasteiger partial charge in [-0.3, -0.25) is 28.9 Å². The molecule has 0 aromatic heterocycles. The van der Waals surface area contributed by atoms with Crippen LogP contribution in [0.1, 0.15) is 73.3 Å². The second kappa shape index (κ2) is 14.5. The van der Waals surface area contributed by atoms with Crippen LogP contribution in [0.5, 0.6) is 0 Å². The minimum absolute atomic E-state index is 0.00751. The van der Waals surface area contributed by atoms with Crippen LogP contribution in [-0.4, -0.2) is 57.4 Å². The quantitative estimate of drug-likeness (QED) is 0.339. The molecule has 1 fully saturated rings. The van der Waals surface area contributed by atoms with E-state index in [1.54, 1.807) is 6.92 Å². The van der Waals surface area contributed by atoms with Crippen molar-refractivity contribution >= 4 is 46.9 Å². The van der Waals surface area contributed by atoms with E-state index in [9.17, 15) is 24.0 Å². The molecule has 1 aliphatic rings. The van der Waals surface area contributed by atoms with Crippen LogP contribution in [0.3, 0.4) is 0 Å². The highest BCUT2D eigenvalue weighted by atomic mass is 32.2. The van der Waals surface area contributed by atoms with Crippen LogP contribution in [-0.2, 0) is 30.4 Å². The van der Waals surface area contributed by atoms with Gasteiger partial charge in [0.25, 0.3) is 0 Å². The minimum atomic E-state index is -0.762. The van der Waals surface area contributed by atoms with Crippen LogP contribution in [0, 0.1) is 17.8 Å². The Morgan fingerprint density at radius 2 is 1.63 bits per heavy atom. The average Bonchev–Trinajstić information content (AvgIpc) is 3.08. The van der Waals surface area contributed by atoms with Crippen LogP contribution < -0.4 is 10.6 Å². The van der Waals surface area contributed by atoms with Gasteiger partial charge in [-0.2, -0.15) is 0 Å². The van der Waals surface area contributed by atoms with Gasteiger partial charge >= 0.3 is 0 Å². The summed E-state index contributed by atoms with van der Waals surface area (Å²) in [5.41, 5.74) is 1.88. The predicted octanol–water partition coefficient (Wildman–Crippen LogP) is 4.22. The summed E-state index contributed by atoms with van der Waals surface area (Å²) < 4.78 is 0. The summed E-state index contributed by atoms with van der Waals surface area (Å²) in [5, 5.41) is 5.43. The Balaban J connectivity index is 1.88. The van der Waals surface area contributed by atoms with Crippen molar-refractivity contribution in [3.05, 3.63) is 29.8 Å². The monoisotopic (exact) mass is 545 g/mol. The first kappa shape index (κ1) is 31.5. The number of nitrogens with one attached hydrogen (secondary N) is 2. The Hall–Kier alpha value is -2.68. The molecule has 8 nitrogen and oxygen atoms in total. The molecule has 4 amide bonds.